The Morgan fingerprint density at radius 1 is 1.03 bits per heavy atom. The van der Waals surface area contributed by atoms with E-state index in [2.05, 4.69) is 36.1 Å². The Bertz CT molecular complexity index is 990. The second-order valence-corrected chi connectivity index (χ2v) is 12.9. The van der Waals surface area contributed by atoms with E-state index in [1.54, 1.807) is 19.2 Å². The molecule has 3 rings (SSSR count). The summed E-state index contributed by atoms with van der Waals surface area (Å²) in [4.78, 5) is 3.61. The van der Waals surface area contributed by atoms with Gasteiger partial charge in [0.2, 0.25) is 5.54 Å². The van der Waals surface area contributed by atoms with Crippen LogP contribution in [-0.4, -0.2) is 27.6 Å². The van der Waals surface area contributed by atoms with E-state index < -0.39 is 19.8 Å². The van der Waals surface area contributed by atoms with E-state index in [4.69, 9.17) is 9.47 Å². The summed E-state index contributed by atoms with van der Waals surface area (Å²) >= 11 is 0. The van der Waals surface area contributed by atoms with Crippen LogP contribution in [0.2, 0.25) is 19.6 Å². The molecule has 0 amide bonds. The van der Waals surface area contributed by atoms with Crippen LogP contribution in [0.5, 0.6) is 5.75 Å². The maximum absolute atomic E-state index is 13.7. The lowest BCUT2D eigenvalue weighted by Crippen LogP contribution is -2.33. The number of nitrogens with zero attached hydrogens (tertiary/aromatic N) is 1. The molecule has 0 N–H and O–H groups in total. The van der Waals surface area contributed by atoms with Crippen molar-refractivity contribution in [2.45, 2.75) is 44.6 Å². The van der Waals surface area contributed by atoms with Crippen LogP contribution in [0.25, 0.3) is 0 Å². The summed E-state index contributed by atoms with van der Waals surface area (Å²) in [5.41, 5.74) is 2.96. The van der Waals surface area contributed by atoms with Crippen molar-refractivity contribution in [2.75, 3.05) is 7.11 Å². The molecule has 1 atom stereocenters. The number of alkyl halides is 3. The molecule has 0 aliphatic carbocycles. The molecule has 0 saturated heterocycles. The third kappa shape index (κ3) is 4.94. The van der Waals surface area contributed by atoms with Crippen molar-refractivity contribution in [3.63, 3.8) is 0 Å². The minimum Gasteiger partial charge on any atom is -0.497 e. The molecule has 0 radical (unpaired) electrons. The van der Waals surface area contributed by atoms with Crippen molar-refractivity contribution in [3.05, 3.63) is 64.7 Å². The first-order valence-electron chi connectivity index (χ1n) is 9.55. The monoisotopic (exact) mass is 431 g/mol. The van der Waals surface area contributed by atoms with Gasteiger partial charge in [-0.3, -0.25) is 4.99 Å². The number of halogens is 3. The Kier molecular flexibility index (Phi) is 6.11. The average molecular weight is 432 g/mol. The molecule has 1 unspecified atom stereocenters. The van der Waals surface area contributed by atoms with Crippen molar-refractivity contribution in [3.8, 4) is 17.2 Å². The number of hydrogen-bond acceptors (Lipinski definition) is 3. The fraction of sp³-hybridized carbons (Fsp3) is 0.348. The number of benzene rings is 2. The third-order valence-corrected chi connectivity index (χ3v) is 5.53. The zero-order chi connectivity index (χ0) is 22.0. The summed E-state index contributed by atoms with van der Waals surface area (Å²) < 4.78 is 52.1. The van der Waals surface area contributed by atoms with Crippen molar-refractivity contribution >= 4 is 14.3 Å². The SMILES string of the molecule is COc1ccc(COCc2c(C#C[Si](C)(C)C)cccc2C2(C(F)(F)F)C=N2)cc1. The molecule has 1 aliphatic rings. The van der Waals surface area contributed by atoms with E-state index in [0.717, 1.165) is 17.5 Å². The van der Waals surface area contributed by atoms with Crippen LogP contribution in [-0.2, 0) is 23.5 Å². The molecule has 30 heavy (non-hydrogen) atoms. The van der Waals surface area contributed by atoms with E-state index in [1.165, 1.54) is 6.07 Å². The largest absolute Gasteiger partial charge is 0.497 e. The molecule has 2 aromatic rings. The topological polar surface area (TPSA) is 30.8 Å². The molecule has 3 nitrogen and oxygen atoms in total. The number of hydrogen-bond donors (Lipinski definition) is 0. The van der Waals surface area contributed by atoms with Crippen LogP contribution in [0.1, 0.15) is 22.3 Å². The highest BCUT2D eigenvalue weighted by atomic mass is 28.3. The second-order valence-electron chi connectivity index (χ2n) is 8.19. The summed E-state index contributed by atoms with van der Waals surface area (Å²) in [5, 5.41) is 0. The minimum atomic E-state index is -4.50. The van der Waals surface area contributed by atoms with Gasteiger partial charge in [-0.05, 0) is 29.3 Å². The molecule has 158 valence electrons. The molecule has 0 saturated carbocycles. The highest BCUT2D eigenvalue weighted by Crippen LogP contribution is 2.49. The zero-order valence-corrected chi connectivity index (χ0v) is 18.4. The minimum absolute atomic E-state index is 0.0130. The standard InChI is InChI=1S/C23H24F3NO2Si/c1-28-19-10-8-17(9-11-19)14-29-15-20-18(12-13-30(2,3)4)6-5-7-21(20)22(16-27-22)23(24,25)26/h5-11,16H,14-15H2,1-4H3. The summed E-state index contributed by atoms with van der Waals surface area (Å²) in [6, 6.07) is 12.2. The molecule has 2 aromatic carbocycles. The first kappa shape index (κ1) is 22.1. The average Bonchev–Trinajstić information content (AvgIpc) is 3.49. The van der Waals surface area contributed by atoms with Crippen molar-refractivity contribution in [1.82, 2.24) is 0 Å². The van der Waals surface area contributed by atoms with Crippen LogP contribution < -0.4 is 4.74 Å². The molecule has 1 aliphatic heterocycles. The highest BCUT2D eigenvalue weighted by molar-refractivity contribution is 6.83. The van der Waals surface area contributed by atoms with Gasteiger partial charge in [0.1, 0.15) is 13.8 Å². The number of methoxy groups -OCH3 is 1. The lowest BCUT2D eigenvalue weighted by Gasteiger charge is -2.22. The summed E-state index contributed by atoms with van der Waals surface area (Å²) in [5.74, 6) is 3.83. The smallest absolute Gasteiger partial charge is 0.422 e. The fourth-order valence-corrected chi connectivity index (χ4v) is 3.48. The molecule has 7 heteroatoms. The summed E-state index contributed by atoms with van der Waals surface area (Å²) in [6.45, 7) is 6.54. The van der Waals surface area contributed by atoms with Crippen molar-refractivity contribution in [1.29, 1.82) is 0 Å². The van der Waals surface area contributed by atoms with Gasteiger partial charge in [-0.1, -0.05) is 49.8 Å². The van der Waals surface area contributed by atoms with E-state index in [0.29, 0.717) is 11.1 Å². The van der Waals surface area contributed by atoms with Gasteiger partial charge in [-0.2, -0.15) is 13.2 Å². The molecule has 0 spiro atoms. The Labute approximate surface area is 175 Å². The van der Waals surface area contributed by atoms with E-state index >= 15 is 0 Å². The van der Waals surface area contributed by atoms with Crippen molar-refractivity contribution < 1.29 is 22.6 Å². The number of rotatable bonds is 6. The molecule has 0 bridgehead atoms. The molecular formula is C23H24F3NO2Si. The third-order valence-electron chi connectivity index (χ3n) is 4.65. The second kappa shape index (κ2) is 8.29. The summed E-state index contributed by atoms with van der Waals surface area (Å²) in [6.07, 6.45) is -3.55. The fourth-order valence-electron chi connectivity index (χ4n) is 2.97. The Balaban J connectivity index is 1.90. The summed E-state index contributed by atoms with van der Waals surface area (Å²) in [7, 11) is -0.122. The normalized spacial score (nSPS) is 18.0. The molecule has 0 fully saturated rings. The van der Waals surface area contributed by atoms with Gasteiger partial charge >= 0.3 is 6.18 Å². The van der Waals surface area contributed by atoms with Crippen LogP contribution >= 0.6 is 0 Å². The van der Waals surface area contributed by atoms with E-state index in [9.17, 15) is 13.2 Å². The van der Waals surface area contributed by atoms with E-state index in [-0.39, 0.29) is 18.8 Å². The van der Waals surface area contributed by atoms with Gasteiger partial charge in [0.25, 0.3) is 0 Å². The van der Waals surface area contributed by atoms with Gasteiger partial charge in [0.05, 0.1) is 20.3 Å². The number of aliphatic imine (C=N–C) groups is 1. The van der Waals surface area contributed by atoms with Crippen LogP contribution in [0.4, 0.5) is 13.2 Å². The zero-order valence-electron chi connectivity index (χ0n) is 17.4. The molecule has 0 aromatic heterocycles. The molecule has 1 heterocycles. The van der Waals surface area contributed by atoms with Crippen molar-refractivity contribution in [2.24, 2.45) is 4.99 Å². The number of ether oxygens (including phenoxy) is 2. The first-order chi connectivity index (χ1) is 14.1. The van der Waals surface area contributed by atoms with Gasteiger partial charge < -0.3 is 9.47 Å². The van der Waals surface area contributed by atoms with Gasteiger partial charge in [0, 0.05) is 17.3 Å². The van der Waals surface area contributed by atoms with Gasteiger partial charge in [0.15, 0.2) is 0 Å². The maximum atomic E-state index is 13.7. The Morgan fingerprint density at radius 2 is 1.70 bits per heavy atom. The Hall–Kier alpha value is -2.56. The predicted molar refractivity (Wildman–Crippen MR) is 114 cm³/mol. The molecular weight excluding hydrogens is 407 g/mol. The quantitative estimate of drug-likeness (QED) is 0.448. The van der Waals surface area contributed by atoms with Crippen LogP contribution in [0, 0.1) is 11.5 Å². The van der Waals surface area contributed by atoms with Gasteiger partial charge in [-0.25, -0.2) is 0 Å². The first-order valence-corrected chi connectivity index (χ1v) is 13.0. The van der Waals surface area contributed by atoms with Crippen LogP contribution in [0.15, 0.2) is 47.5 Å². The lowest BCUT2D eigenvalue weighted by molar-refractivity contribution is -0.156. The van der Waals surface area contributed by atoms with E-state index in [1.807, 2.05) is 24.3 Å². The Morgan fingerprint density at radius 3 is 2.23 bits per heavy atom. The lowest BCUT2D eigenvalue weighted by atomic mass is 9.90. The highest BCUT2D eigenvalue weighted by Gasteiger charge is 2.62. The maximum Gasteiger partial charge on any atom is 0.422 e. The van der Waals surface area contributed by atoms with Crippen LogP contribution in [0.3, 0.4) is 0 Å². The van der Waals surface area contributed by atoms with Gasteiger partial charge in [-0.15, -0.1) is 5.54 Å². The predicted octanol–water partition coefficient (Wildman–Crippen LogP) is 5.48.